The molecule has 1 aliphatic rings. The smallest absolute Gasteiger partial charge is 0.264 e. The number of hydrogen-bond donors (Lipinski definition) is 0. The maximum Gasteiger partial charge on any atom is 0.264 e. The van der Waals surface area contributed by atoms with E-state index < -0.39 is 0 Å². The quantitative estimate of drug-likeness (QED) is 0.807. The topological polar surface area (TPSA) is 20.3 Å². The van der Waals surface area contributed by atoms with Gasteiger partial charge in [-0.3, -0.25) is 4.79 Å². The molecule has 104 valence electrons. The summed E-state index contributed by atoms with van der Waals surface area (Å²) in [7, 11) is 0. The predicted octanol–water partition coefficient (Wildman–Crippen LogP) is 4.27. The lowest BCUT2D eigenvalue weighted by Crippen LogP contribution is -2.27. The Kier molecular flexibility index (Phi) is 3.62. The van der Waals surface area contributed by atoms with Crippen molar-refractivity contribution in [2.75, 3.05) is 13.1 Å². The number of hydrogen-bond acceptors (Lipinski definition) is 2. The molecule has 2 aromatic rings. The Bertz CT molecular complexity index is 621. The molecule has 0 saturated carbocycles. The van der Waals surface area contributed by atoms with Crippen LogP contribution in [0.2, 0.25) is 0 Å². The van der Waals surface area contributed by atoms with Crippen molar-refractivity contribution in [2.45, 2.75) is 26.7 Å². The number of likely N-dealkylation sites (tertiary alicyclic amines) is 1. The summed E-state index contributed by atoms with van der Waals surface area (Å²) < 4.78 is 0. The molecule has 1 amide bonds. The Hall–Kier alpha value is -1.61. The number of rotatable bonds is 2. The fourth-order valence-electron chi connectivity index (χ4n) is 2.62. The molecule has 0 N–H and O–H groups in total. The van der Waals surface area contributed by atoms with Gasteiger partial charge in [0.25, 0.3) is 5.91 Å². The molecule has 0 spiro atoms. The van der Waals surface area contributed by atoms with E-state index in [9.17, 15) is 4.79 Å². The molecular weight excluding hydrogens is 266 g/mol. The van der Waals surface area contributed by atoms with Crippen LogP contribution in [-0.2, 0) is 0 Å². The van der Waals surface area contributed by atoms with Gasteiger partial charge in [-0.2, -0.15) is 0 Å². The zero-order valence-corrected chi connectivity index (χ0v) is 12.8. The number of benzene rings is 1. The van der Waals surface area contributed by atoms with Crippen LogP contribution in [0.3, 0.4) is 0 Å². The fraction of sp³-hybridized carbons (Fsp3) is 0.353. The molecule has 1 aromatic heterocycles. The number of amides is 1. The van der Waals surface area contributed by atoms with Crippen molar-refractivity contribution >= 4 is 17.2 Å². The van der Waals surface area contributed by atoms with Gasteiger partial charge in [-0.05, 0) is 43.9 Å². The number of nitrogens with zero attached hydrogens (tertiary/aromatic N) is 1. The minimum Gasteiger partial charge on any atom is -0.338 e. The third kappa shape index (κ3) is 2.50. The lowest BCUT2D eigenvalue weighted by Gasteiger charge is -2.14. The number of aryl methyl sites for hydroxylation is 2. The van der Waals surface area contributed by atoms with Gasteiger partial charge < -0.3 is 4.90 Å². The predicted molar refractivity (Wildman–Crippen MR) is 84.4 cm³/mol. The molecule has 0 radical (unpaired) electrons. The number of carbonyl (C=O) groups excluding carboxylic acids is 1. The van der Waals surface area contributed by atoms with E-state index in [1.807, 2.05) is 11.8 Å². The Morgan fingerprint density at radius 1 is 1.10 bits per heavy atom. The molecule has 1 fully saturated rings. The molecule has 0 unspecified atom stereocenters. The maximum atomic E-state index is 12.5. The summed E-state index contributed by atoms with van der Waals surface area (Å²) in [6.45, 7) is 5.95. The van der Waals surface area contributed by atoms with Crippen LogP contribution < -0.4 is 0 Å². The summed E-state index contributed by atoms with van der Waals surface area (Å²) >= 11 is 1.62. The Morgan fingerprint density at radius 3 is 2.40 bits per heavy atom. The van der Waals surface area contributed by atoms with Gasteiger partial charge in [-0.15, -0.1) is 11.3 Å². The van der Waals surface area contributed by atoms with E-state index in [2.05, 4.69) is 37.3 Å². The summed E-state index contributed by atoms with van der Waals surface area (Å²) in [5, 5.41) is 0. The molecule has 2 heterocycles. The van der Waals surface area contributed by atoms with Crippen LogP contribution in [0.4, 0.5) is 0 Å². The first-order valence-electron chi connectivity index (χ1n) is 7.12. The van der Waals surface area contributed by atoms with Gasteiger partial charge in [0.1, 0.15) is 0 Å². The van der Waals surface area contributed by atoms with Crippen LogP contribution in [0.5, 0.6) is 0 Å². The third-order valence-electron chi connectivity index (χ3n) is 3.84. The Morgan fingerprint density at radius 2 is 1.75 bits per heavy atom. The average Bonchev–Trinajstić information content (AvgIpc) is 3.08. The van der Waals surface area contributed by atoms with Crippen molar-refractivity contribution in [3.63, 3.8) is 0 Å². The largest absolute Gasteiger partial charge is 0.338 e. The molecule has 20 heavy (non-hydrogen) atoms. The lowest BCUT2D eigenvalue weighted by molar-refractivity contribution is 0.0797. The van der Waals surface area contributed by atoms with Crippen molar-refractivity contribution < 1.29 is 4.79 Å². The zero-order valence-electron chi connectivity index (χ0n) is 12.0. The van der Waals surface area contributed by atoms with Gasteiger partial charge in [0.15, 0.2) is 0 Å². The molecule has 0 atom stereocenters. The maximum absolute atomic E-state index is 12.5. The summed E-state index contributed by atoms with van der Waals surface area (Å²) in [5.74, 6) is 0.211. The highest BCUT2D eigenvalue weighted by Crippen LogP contribution is 2.32. The molecule has 0 aliphatic carbocycles. The number of carbonyl (C=O) groups is 1. The van der Waals surface area contributed by atoms with Gasteiger partial charge in [0, 0.05) is 18.0 Å². The van der Waals surface area contributed by atoms with Crippen LogP contribution >= 0.6 is 11.3 Å². The second-order valence-corrected chi connectivity index (χ2v) is 6.54. The van der Waals surface area contributed by atoms with Crippen molar-refractivity contribution in [1.82, 2.24) is 4.90 Å². The molecule has 1 aliphatic heterocycles. The molecule has 3 rings (SSSR count). The second kappa shape index (κ2) is 5.41. The van der Waals surface area contributed by atoms with Crippen molar-refractivity contribution in [3.05, 3.63) is 46.3 Å². The highest BCUT2D eigenvalue weighted by molar-refractivity contribution is 7.17. The minimum atomic E-state index is 0.211. The fourth-order valence-corrected chi connectivity index (χ4v) is 3.76. The minimum absolute atomic E-state index is 0.211. The highest BCUT2D eigenvalue weighted by Gasteiger charge is 2.23. The average molecular weight is 285 g/mol. The number of thiophene rings is 1. The molecule has 3 heteroatoms. The molecular formula is C17H19NOS. The lowest BCUT2D eigenvalue weighted by atomic mass is 10.1. The van der Waals surface area contributed by atoms with Crippen LogP contribution in [0.1, 0.15) is 33.6 Å². The van der Waals surface area contributed by atoms with Gasteiger partial charge in [-0.25, -0.2) is 0 Å². The van der Waals surface area contributed by atoms with E-state index in [0.717, 1.165) is 36.4 Å². The van der Waals surface area contributed by atoms with Crippen LogP contribution in [-0.4, -0.2) is 23.9 Å². The zero-order chi connectivity index (χ0) is 14.1. The van der Waals surface area contributed by atoms with E-state index in [1.165, 1.54) is 16.0 Å². The van der Waals surface area contributed by atoms with Crippen LogP contribution in [0.15, 0.2) is 30.3 Å². The Labute approximate surface area is 124 Å². The van der Waals surface area contributed by atoms with E-state index in [4.69, 9.17) is 0 Å². The van der Waals surface area contributed by atoms with Crippen molar-refractivity contribution in [3.8, 4) is 10.4 Å². The van der Waals surface area contributed by atoms with E-state index in [-0.39, 0.29) is 5.91 Å². The first-order valence-corrected chi connectivity index (χ1v) is 7.93. The molecule has 2 nitrogen and oxygen atoms in total. The molecule has 0 bridgehead atoms. The summed E-state index contributed by atoms with van der Waals surface area (Å²) in [5.41, 5.74) is 3.56. The van der Waals surface area contributed by atoms with Crippen molar-refractivity contribution in [2.24, 2.45) is 0 Å². The summed E-state index contributed by atoms with van der Waals surface area (Å²) in [4.78, 5) is 16.6. The summed E-state index contributed by atoms with van der Waals surface area (Å²) in [6, 6.07) is 10.6. The second-order valence-electron chi connectivity index (χ2n) is 5.49. The first kappa shape index (κ1) is 13.4. The van der Waals surface area contributed by atoms with E-state index in [1.54, 1.807) is 11.3 Å². The summed E-state index contributed by atoms with van der Waals surface area (Å²) in [6.07, 6.45) is 2.28. The van der Waals surface area contributed by atoms with Crippen LogP contribution in [0.25, 0.3) is 10.4 Å². The van der Waals surface area contributed by atoms with E-state index >= 15 is 0 Å². The first-order chi connectivity index (χ1) is 9.65. The molecule has 1 aromatic carbocycles. The van der Waals surface area contributed by atoms with E-state index in [0.29, 0.717) is 0 Å². The SMILES string of the molecule is Cc1ccc(-c2cc(C)c(C(=O)N3CCCC3)s2)cc1. The van der Waals surface area contributed by atoms with Gasteiger partial charge in [-0.1, -0.05) is 29.8 Å². The van der Waals surface area contributed by atoms with Crippen molar-refractivity contribution in [1.29, 1.82) is 0 Å². The van der Waals surface area contributed by atoms with Gasteiger partial charge in [0.05, 0.1) is 4.88 Å². The normalized spacial score (nSPS) is 14.8. The third-order valence-corrected chi connectivity index (χ3v) is 5.12. The highest BCUT2D eigenvalue weighted by atomic mass is 32.1. The monoisotopic (exact) mass is 285 g/mol. The Balaban J connectivity index is 1.90. The van der Waals surface area contributed by atoms with Gasteiger partial charge >= 0.3 is 0 Å². The van der Waals surface area contributed by atoms with Crippen LogP contribution in [0, 0.1) is 13.8 Å². The molecule has 1 saturated heterocycles. The standard InChI is InChI=1S/C17H19NOS/c1-12-5-7-14(8-6-12)15-11-13(2)16(20-15)17(19)18-9-3-4-10-18/h5-8,11H,3-4,9-10H2,1-2H3. The van der Waals surface area contributed by atoms with Gasteiger partial charge in [0.2, 0.25) is 0 Å².